The fourth-order valence-electron chi connectivity index (χ4n) is 1.09. The lowest BCUT2D eigenvalue weighted by molar-refractivity contribution is -0.116. The highest BCUT2D eigenvalue weighted by Gasteiger charge is 2.02. The molecule has 1 aromatic rings. The third kappa shape index (κ3) is 3.18. The standard InChI is InChI=1S/C9H16N4O/c1-2-13-7-8(6-11-13)12-9(14)4-3-5-10/h6-7H,2-5,10H2,1H3,(H,12,14). The molecule has 0 spiro atoms. The van der Waals surface area contributed by atoms with Crippen molar-refractivity contribution in [3.8, 4) is 0 Å². The maximum absolute atomic E-state index is 11.3. The highest BCUT2D eigenvalue weighted by Crippen LogP contribution is 2.05. The summed E-state index contributed by atoms with van der Waals surface area (Å²) in [5.41, 5.74) is 6.04. The van der Waals surface area contributed by atoms with Crippen LogP contribution in [-0.2, 0) is 11.3 Å². The smallest absolute Gasteiger partial charge is 0.224 e. The number of amides is 1. The van der Waals surface area contributed by atoms with Crippen molar-refractivity contribution in [3.05, 3.63) is 12.4 Å². The van der Waals surface area contributed by atoms with E-state index < -0.39 is 0 Å². The highest BCUT2D eigenvalue weighted by atomic mass is 16.1. The Kier molecular flexibility index (Phi) is 4.12. The first-order chi connectivity index (χ1) is 6.76. The summed E-state index contributed by atoms with van der Waals surface area (Å²) >= 11 is 0. The van der Waals surface area contributed by atoms with Crippen LogP contribution in [0.3, 0.4) is 0 Å². The van der Waals surface area contributed by atoms with Gasteiger partial charge in [0.1, 0.15) is 0 Å². The predicted molar refractivity (Wildman–Crippen MR) is 54.8 cm³/mol. The number of carbonyl (C=O) groups excluding carboxylic acids is 1. The number of aromatic nitrogens is 2. The Bertz CT molecular complexity index is 295. The van der Waals surface area contributed by atoms with Gasteiger partial charge < -0.3 is 11.1 Å². The van der Waals surface area contributed by atoms with E-state index in [-0.39, 0.29) is 5.91 Å². The van der Waals surface area contributed by atoms with Gasteiger partial charge in [-0.1, -0.05) is 0 Å². The molecule has 1 aromatic heterocycles. The number of nitrogens with one attached hydrogen (secondary N) is 1. The molecule has 1 amide bonds. The number of nitrogens with zero attached hydrogens (tertiary/aromatic N) is 2. The number of anilines is 1. The van der Waals surface area contributed by atoms with Gasteiger partial charge >= 0.3 is 0 Å². The van der Waals surface area contributed by atoms with Gasteiger partial charge in [-0.2, -0.15) is 5.10 Å². The van der Waals surface area contributed by atoms with Gasteiger partial charge in [0.05, 0.1) is 11.9 Å². The molecule has 1 heterocycles. The maximum Gasteiger partial charge on any atom is 0.224 e. The lowest BCUT2D eigenvalue weighted by Gasteiger charge is -2.00. The SMILES string of the molecule is CCn1cc(NC(=O)CCCN)cn1. The number of nitrogens with two attached hydrogens (primary N) is 1. The van der Waals surface area contributed by atoms with Crippen molar-refractivity contribution in [2.24, 2.45) is 5.73 Å². The predicted octanol–water partition coefficient (Wildman–Crippen LogP) is 0.580. The van der Waals surface area contributed by atoms with Crippen LogP contribution in [0.4, 0.5) is 5.69 Å². The summed E-state index contributed by atoms with van der Waals surface area (Å²) in [4.78, 5) is 11.3. The number of aryl methyl sites for hydroxylation is 1. The summed E-state index contributed by atoms with van der Waals surface area (Å²) in [7, 11) is 0. The van der Waals surface area contributed by atoms with E-state index >= 15 is 0 Å². The van der Waals surface area contributed by atoms with Crippen molar-refractivity contribution in [2.45, 2.75) is 26.3 Å². The normalized spacial score (nSPS) is 10.1. The number of hydrogen-bond acceptors (Lipinski definition) is 3. The van der Waals surface area contributed by atoms with Crippen molar-refractivity contribution in [1.82, 2.24) is 9.78 Å². The second-order valence-corrected chi connectivity index (χ2v) is 3.03. The van der Waals surface area contributed by atoms with Crippen LogP contribution >= 0.6 is 0 Å². The van der Waals surface area contributed by atoms with E-state index in [9.17, 15) is 4.79 Å². The van der Waals surface area contributed by atoms with Crippen LogP contribution in [0.1, 0.15) is 19.8 Å². The van der Waals surface area contributed by atoms with Crippen molar-refractivity contribution in [3.63, 3.8) is 0 Å². The molecule has 0 aromatic carbocycles. The van der Waals surface area contributed by atoms with Crippen LogP contribution in [0.25, 0.3) is 0 Å². The van der Waals surface area contributed by atoms with E-state index in [0.29, 0.717) is 19.4 Å². The minimum Gasteiger partial charge on any atom is -0.330 e. The molecule has 5 heteroatoms. The summed E-state index contributed by atoms with van der Waals surface area (Å²) in [6.45, 7) is 3.34. The molecular formula is C9H16N4O. The first-order valence-corrected chi connectivity index (χ1v) is 4.78. The summed E-state index contributed by atoms with van der Waals surface area (Å²) in [6, 6.07) is 0. The Morgan fingerprint density at radius 1 is 1.71 bits per heavy atom. The summed E-state index contributed by atoms with van der Waals surface area (Å²) in [5, 5.41) is 6.80. The Balaban J connectivity index is 2.39. The fraction of sp³-hybridized carbons (Fsp3) is 0.556. The van der Waals surface area contributed by atoms with Gasteiger partial charge in [-0.05, 0) is 19.9 Å². The topological polar surface area (TPSA) is 72.9 Å². The molecule has 0 bridgehead atoms. The molecule has 0 aliphatic rings. The van der Waals surface area contributed by atoms with Crippen molar-refractivity contribution >= 4 is 11.6 Å². The maximum atomic E-state index is 11.3. The first-order valence-electron chi connectivity index (χ1n) is 4.78. The molecule has 0 aliphatic heterocycles. The molecule has 1 rings (SSSR count). The zero-order chi connectivity index (χ0) is 10.4. The van der Waals surface area contributed by atoms with E-state index in [2.05, 4.69) is 10.4 Å². The van der Waals surface area contributed by atoms with Gasteiger partial charge in [-0.3, -0.25) is 9.48 Å². The van der Waals surface area contributed by atoms with Gasteiger partial charge in [0.2, 0.25) is 5.91 Å². The van der Waals surface area contributed by atoms with Crippen LogP contribution in [0, 0.1) is 0 Å². The molecule has 0 saturated heterocycles. The summed E-state index contributed by atoms with van der Waals surface area (Å²) in [6.07, 6.45) is 4.63. The number of carbonyl (C=O) groups is 1. The van der Waals surface area contributed by atoms with E-state index in [1.807, 2.05) is 6.92 Å². The Morgan fingerprint density at radius 2 is 2.50 bits per heavy atom. The Hall–Kier alpha value is -1.36. The summed E-state index contributed by atoms with van der Waals surface area (Å²) in [5.74, 6) is -0.00824. The number of hydrogen-bond donors (Lipinski definition) is 2. The molecule has 0 unspecified atom stereocenters. The zero-order valence-corrected chi connectivity index (χ0v) is 8.36. The molecule has 0 fully saturated rings. The highest BCUT2D eigenvalue weighted by molar-refractivity contribution is 5.90. The third-order valence-corrected chi connectivity index (χ3v) is 1.85. The van der Waals surface area contributed by atoms with Gasteiger partial charge in [0, 0.05) is 19.2 Å². The molecule has 3 N–H and O–H groups in total. The van der Waals surface area contributed by atoms with Gasteiger partial charge in [0.15, 0.2) is 0 Å². The van der Waals surface area contributed by atoms with Crippen molar-refractivity contribution in [2.75, 3.05) is 11.9 Å². The summed E-state index contributed by atoms with van der Waals surface area (Å²) < 4.78 is 1.76. The van der Waals surface area contributed by atoms with Crippen LogP contribution in [-0.4, -0.2) is 22.2 Å². The Labute approximate surface area is 83.3 Å². The Morgan fingerprint density at radius 3 is 3.07 bits per heavy atom. The van der Waals surface area contributed by atoms with Crippen molar-refractivity contribution in [1.29, 1.82) is 0 Å². The molecular weight excluding hydrogens is 180 g/mol. The van der Waals surface area contributed by atoms with Crippen molar-refractivity contribution < 1.29 is 4.79 Å². The van der Waals surface area contributed by atoms with Crippen LogP contribution in [0.2, 0.25) is 0 Å². The molecule has 0 aliphatic carbocycles. The first kappa shape index (κ1) is 10.7. The van der Waals surface area contributed by atoms with E-state index in [4.69, 9.17) is 5.73 Å². The lowest BCUT2D eigenvalue weighted by atomic mass is 10.3. The molecule has 14 heavy (non-hydrogen) atoms. The zero-order valence-electron chi connectivity index (χ0n) is 8.36. The average molecular weight is 196 g/mol. The lowest BCUT2D eigenvalue weighted by Crippen LogP contribution is -2.12. The molecule has 5 nitrogen and oxygen atoms in total. The molecule has 0 radical (unpaired) electrons. The van der Waals surface area contributed by atoms with Crippen LogP contribution in [0.15, 0.2) is 12.4 Å². The monoisotopic (exact) mass is 196 g/mol. The van der Waals surface area contributed by atoms with E-state index in [1.54, 1.807) is 17.1 Å². The van der Waals surface area contributed by atoms with Gasteiger partial charge in [-0.15, -0.1) is 0 Å². The fourth-order valence-corrected chi connectivity index (χ4v) is 1.09. The van der Waals surface area contributed by atoms with Gasteiger partial charge in [0.25, 0.3) is 0 Å². The van der Waals surface area contributed by atoms with Crippen LogP contribution in [0.5, 0.6) is 0 Å². The van der Waals surface area contributed by atoms with Crippen LogP contribution < -0.4 is 11.1 Å². The van der Waals surface area contributed by atoms with Gasteiger partial charge in [-0.25, -0.2) is 0 Å². The van der Waals surface area contributed by atoms with E-state index in [1.165, 1.54) is 0 Å². The minimum absolute atomic E-state index is 0.00824. The third-order valence-electron chi connectivity index (χ3n) is 1.85. The number of rotatable bonds is 5. The molecule has 0 atom stereocenters. The molecule has 0 saturated carbocycles. The molecule has 78 valence electrons. The van der Waals surface area contributed by atoms with E-state index in [0.717, 1.165) is 12.2 Å². The quantitative estimate of drug-likeness (QED) is 0.723. The average Bonchev–Trinajstić information content (AvgIpc) is 2.62. The second-order valence-electron chi connectivity index (χ2n) is 3.03. The minimum atomic E-state index is -0.00824. The second kappa shape index (κ2) is 5.39. The largest absolute Gasteiger partial charge is 0.330 e.